The Morgan fingerprint density at radius 3 is 2.00 bits per heavy atom. The Morgan fingerprint density at radius 2 is 1.83 bits per heavy atom. The molecular weight excluding hydrogens is 148 g/mol. The number of amidine groups is 1. The van der Waals surface area contributed by atoms with E-state index in [0.29, 0.717) is 0 Å². The topological polar surface area (TPSA) is 49.9 Å². The fraction of sp³-hybridized carbons (Fsp3) is 0.100. The fourth-order valence-electron chi connectivity index (χ4n) is 0.534. The second-order valence-electron chi connectivity index (χ2n) is 2.31. The highest BCUT2D eigenvalue weighted by molar-refractivity contribution is 5.87. The van der Waals surface area contributed by atoms with Crippen LogP contribution < -0.4 is 5.73 Å². The zero-order valence-corrected chi connectivity index (χ0v) is 7.25. The van der Waals surface area contributed by atoms with Crippen LogP contribution in [0.3, 0.4) is 0 Å². The first-order chi connectivity index (χ1) is 5.66. The second kappa shape index (κ2) is 6.16. The Labute approximate surface area is 73.2 Å². The molecule has 2 heteroatoms. The molecule has 0 amide bonds. The average molecular weight is 162 g/mol. The zero-order valence-electron chi connectivity index (χ0n) is 7.25. The molecule has 0 aliphatic carbocycles. The third-order valence-corrected chi connectivity index (χ3v) is 1.16. The van der Waals surface area contributed by atoms with E-state index in [2.05, 4.69) is 25.6 Å². The van der Waals surface area contributed by atoms with Gasteiger partial charge in [-0.25, -0.2) is 0 Å². The first-order valence-electron chi connectivity index (χ1n) is 3.65. The van der Waals surface area contributed by atoms with E-state index in [4.69, 9.17) is 11.1 Å². The van der Waals surface area contributed by atoms with Gasteiger partial charge in [-0.15, -0.1) is 0 Å². The normalized spacial score (nSPS) is 7.75. The number of rotatable bonds is 1. The van der Waals surface area contributed by atoms with Crippen LogP contribution in [0.25, 0.3) is 0 Å². The Bertz CT molecular complexity index is 239. The summed E-state index contributed by atoms with van der Waals surface area (Å²) in [6, 6.07) is 10.3. The van der Waals surface area contributed by atoms with Crippen LogP contribution in [0.2, 0.25) is 0 Å². The standard InChI is InChI=1S/C7H8.C3H6N2/c1-7-5-3-2-4-6-7;1-2-3(4)5/h2-6H,1H3;2H,1H2,(H3,4,5). The van der Waals surface area contributed by atoms with Crippen molar-refractivity contribution in [1.29, 1.82) is 5.41 Å². The summed E-state index contributed by atoms with van der Waals surface area (Å²) >= 11 is 0. The molecule has 1 rings (SSSR count). The molecule has 0 saturated heterocycles. The van der Waals surface area contributed by atoms with E-state index in [0.717, 1.165) is 0 Å². The van der Waals surface area contributed by atoms with Crippen molar-refractivity contribution >= 4 is 5.84 Å². The first kappa shape index (κ1) is 10.4. The summed E-state index contributed by atoms with van der Waals surface area (Å²) in [5, 5.41) is 6.40. The highest BCUT2D eigenvalue weighted by Gasteiger charge is 1.72. The maximum atomic E-state index is 6.40. The predicted molar refractivity (Wildman–Crippen MR) is 53.3 cm³/mol. The molecule has 0 aromatic heterocycles. The molecule has 3 N–H and O–H groups in total. The summed E-state index contributed by atoms with van der Waals surface area (Å²) in [7, 11) is 0. The minimum absolute atomic E-state index is 0.0185. The third kappa shape index (κ3) is 6.55. The quantitative estimate of drug-likeness (QED) is 0.482. The molecule has 0 radical (unpaired) electrons. The molecule has 0 atom stereocenters. The highest BCUT2D eigenvalue weighted by Crippen LogP contribution is 1.92. The third-order valence-electron chi connectivity index (χ3n) is 1.16. The van der Waals surface area contributed by atoms with Crippen LogP contribution in [0, 0.1) is 12.3 Å². The van der Waals surface area contributed by atoms with E-state index in [9.17, 15) is 0 Å². The van der Waals surface area contributed by atoms with Gasteiger partial charge in [-0.2, -0.15) is 0 Å². The van der Waals surface area contributed by atoms with E-state index in [-0.39, 0.29) is 5.84 Å². The first-order valence-corrected chi connectivity index (χ1v) is 3.65. The monoisotopic (exact) mass is 162 g/mol. The lowest BCUT2D eigenvalue weighted by Crippen LogP contribution is -2.02. The Hall–Kier alpha value is -1.57. The van der Waals surface area contributed by atoms with Crippen molar-refractivity contribution in [2.75, 3.05) is 0 Å². The van der Waals surface area contributed by atoms with Crippen molar-refractivity contribution in [2.45, 2.75) is 6.92 Å². The fourth-order valence-corrected chi connectivity index (χ4v) is 0.534. The van der Waals surface area contributed by atoms with Gasteiger partial charge in [0.05, 0.1) is 0 Å². The van der Waals surface area contributed by atoms with E-state index in [1.165, 1.54) is 11.6 Å². The minimum Gasteiger partial charge on any atom is -0.384 e. The van der Waals surface area contributed by atoms with Gasteiger partial charge in [0, 0.05) is 0 Å². The molecule has 0 fully saturated rings. The number of nitrogens with two attached hydrogens (primary N) is 1. The van der Waals surface area contributed by atoms with Crippen LogP contribution in [0.1, 0.15) is 5.56 Å². The van der Waals surface area contributed by atoms with E-state index >= 15 is 0 Å². The van der Waals surface area contributed by atoms with Crippen molar-refractivity contribution in [3.63, 3.8) is 0 Å². The van der Waals surface area contributed by atoms with Gasteiger partial charge < -0.3 is 5.73 Å². The van der Waals surface area contributed by atoms with E-state index in [1.54, 1.807) is 0 Å². The lowest BCUT2D eigenvalue weighted by Gasteiger charge is -1.82. The molecular formula is C10H14N2. The Kier molecular flexibility index (Phi) is 5.35. The van der Waals surface area contributed by atoms with Gasteiger partial charge in [-0.05, 0) is 13.0 Å². The molecule has 0 aliphatic heterocycles. The molecule has 1 aromatic rings. The molecule has 1 aromatic carbocycles. The van der Waals surface area contributed by atoms with Crippen molar-refractivity contribution in [3.05, 3.63) is 48.6 Å². The molecule has 0 unspecified atom stereocenters. The van der Waals surface area contributed by atoms with Gasteiger partial charge in [-0.1, -0.05) is 42.5 Å². The summed E-state index contributed by atoms with van der Waals surface area (Å²) in [5.41, 5.74) is 6.08. The van der Waals surface area contributed by atoms with Crippen molar-refractivity contribution in [1.82, 2.24) is 0 Å². The molecule has 0 saturated carbocycles. The predicted octanol–water partition coefficient (Wildman–Crippen LogP) is 2.10. The maximum Gasteiger partial charge on any atom is 0.114 e. The van der Waals surface area contributed by atoms with Crippen molar-refractivity contribution in [3.8, 4) is 0 Å². The molecule has 0 heterocycles. The van der Waals surface area contributed by atoms with Gasteiger partial charge in [-0.3, -0.25) is 5.41 Å². The van der Waals surface area contributed by atoms with E-state index < -0.39 is 0 Å². The van der Waals surface area contributed by atoms with Crippen LogP contribution in [0.15, 0.2) is 43.0 Å². The van der Waals surface area contributed by atoms with Gasteiger partial charge in [0.2, 0.25) is 0 Å². The van der Waals surface area contributed by atoms with Crippen LogP contribution in [-0.2, 0) is 0 Å². The smallest absolute Gasteiger partial charge is 0.114 e. The van der Waals surface area contributed by atoms with E-state index in [1.807, 2.05) is 18.2 Å². The lowest BCUT2D eigenvalue weighted by molar-refractivity contribution is 1.47. The molecule has 0 bridgehead atoms. The lowest BCUT2D eigenvalue weighted by atomic mass is 10.2. The summed E-state index contributed by atoms with van der Waals surface area (Å²) in [6.07, 6.45) is 1.28. The van der Waals surface area contributed by atoms with Gasteiger partial charge >= 0.3 is 0 Å². The van der Waals surface area contributed by atoms with Crippen LogP contribution in [0.5, 0.6) is 0 Å². The maximum absolute atomic E-state index is 6.40. The largest absolute Gasteiger partial charge is 0.384 e. The summed E-state index contributed by atoms with van der Waals surface area (Å²) < 4.78 is 0. The molecule has 0 aliphatic rings. The highest BCUT2D eigenvalue weighted by atomic mass is 14.7. The van der Waals surface area contributed by atoms with Crippen LogP contribution in [-0.4, -0.2) is 5.84 Å². The SMILES string of the molecule is C=CC(=N)N.Cc1ccccc1. The molecule has 64 valence electrons. The van der Waals surface area contributed by atoms with Crippen LogP contribution in [0.4, 0.5) is 0 Å². The summed E-state index contributed by atoms with van der Waals surface area (Å²) in [5.74, 6) is 0.0185. The second-order valence-corrected chi connectivity index (χ2v) is 2.31. The average Bonchev–Trinajstić information content (AvgIpc) is 2.07. The minimum atomic E-state index is 0.0185. The van der Waals surface area contributed by atoms with Gasteiger partial charge in [0.1, 0.15) is 5.84 Å². The number of hydrogen-bond acceptors (Lipinski definition) is 1. The van der Waals surface area contributed by atoms with Crippen LogP contribution >= 0.6 is 0 Å². The number of nitrogens with one attached hydrogen (secondary N) is 1. The Balaban J connectivity index is 0.000000217. The molecule has 12 heavy (non-hydrogen) atoms. The summed E-state index contributed by atoms with van der Waals surface area (Å²) in [6.45, 7) is 5.29. The number of benzene rings is 1. The number of aryl methyl sites for hydroxylation is 1. The van der Waals surface area contributed by atoms with Gasteiger partial charge in [0.15, 0.2) is 0 Å². The van der Waals surface area contributed by atoms with Crippen molar-refractivity contribution in [2.24, 2.45) is 5.73 Å². The van der Waals surface area contributed by atoms with Crippen molar-refractivity contribution < 1.29 is 0 Å². The zero-order chi connectivity index (χ0) is 9.40. The summed E-state index contributed by atoms with van der Waals surface area (Å²) in [4.78, 5) is 0. The number of hydrogen-bond donors (Lipinski definition) is 2. The molecule has 0 spiro atoms. The Morgan fingerprint density at radius 1 is 1.42 bits per heavy atom. The molecule has 2 nitrogen and oxygen atoms in total. The van der Waals surface area contributed by atoms with Gasteiger partial charge in [0.25, 0.3) is 0 Å².